The van der Waals surface area contributed by atoms with Crippen LogP contribution in [-0.2, 0) is 11.2 Å². The maximum Gasteiger partial charge on any atom is 0.220 e. The fourth-order valence-corrected chi connectivity index (χ4v) is 1.53. The molecule has 0 bridgehead atoms. The van der Waals surface area contributed by atoms with Crippen molar-refractivity contribution in [2.45, 2.75) is 25.7 Å². The molecule has 0 saturated carbocycles. The van der Waals surface area contributed by atoms with Gasteiger partial charge in [0.05, 0.1) is 13.2 Å². The highest BCUT2D eigenvalue weighted by Crippen LogP contribution is 2.12. The summed E-state index contributed by atoms with van der Waals surface area (Å²) in [5, 5.41) is 11.1. The minimum atomic E-state index is 0.0313. The Morgan fingerprint density at radius 3 is 2.72 bits per heavy atom. The zero-order valence-electron chi connectivity index (χ0n) is 10.6. The summed E-state index contributed by atoms with van der Waals surface area (Å²) >= 11 is 0. The lowest BCUT2D eigenvalue weighted by Gasteiger charge is -2.05. The maximum absolute atomic E-state index is 11.5. The van der Waals surface area contributed by atoms with Gasteiger partial charge in [0.1, 0.15) is 5.75 Å². The molecule has 18 heavy (non-hydrogen) atoms. The first-order valence-electron chi connectivity index (χ1n) is 6.03. The largest absolute Gasteiger partial charge is 0.497 e. The van der Waals surface area contributed by atoms with Crippen molar-refractivity contribution in [1.82, 2.24) is 5.32 Å². The normalized spacial score (nSPS) is 9.56. The summed E-state index contributed by atoms with van der Waals surface area (Å²) in [6.07, 6.45) is 2.39. The van der Waals surface area contributed by atoms with Gasteiger partial charge in [0, 0.05) is 19.4 Å². The first kappa shape index (κ1) is 14.0. The van der Waals surface area contributed by atoms with E-state index >= 15 is 0 Å². The number of benzene rings is 1. The van der Waals surface area contributed by atoms with E-state index in [0.29, 0.717) is 32.2 Å². The van der Waals surface area contributed by atoms with Crippen LogP contribution in [0.2, 0.25) is 0 Å². The fraction of sp³-hybridized carbons (Fsp3) is 0.429. The number of nitrogens with zero attached hydrogens (tertiary/aromatic N) is 1. The van der Waals surface area contributed by atoms with Crippen LogP contribution in [0.1, 0.15) is 24.8 Å². The molecule has 1 N–H and O–H groups in total. The molecule has 0 radical (unpaired) electrons. The van der Waals surface area contributed by atoms with Crippen LogP contribution < -0.4 is 10.1 Å². The van der Waals surface area contributed by atoms with Crippen molar-refractivity contribution >= 4 is 5.91 Å². The summed E-state index contributed by atoms with van der Waals surface area (Å²) in [4.78, 5) is 11.5. The Bertz CT molecular complexity index is 407. The highest BCUT2D eigenvalue weighted by Gasteiger charge is 2.01. The first-order valence-corrected chi connectivity index (χ1v) is 6.03. The monoisotopic (exact) mass is 246 g/mol. The molecule has 1 amide bonds. The summed E-state index contributed by atoms with van der Waals surface area (Å²) in [6, 6.07) is 9.75. The van der Waals surface area contributed by atoms with Gasteiger partial charge in [-0.1, -0.05) is 12.1 Å². The van der Waals surface area contributed by atoms with Crippen molar-refractivity contribution in [2.75, 3.05) is 13.7 Å². The Hall–Kier alpha value is -2.02. The molecule has 0 fully saturated rings. The third kappa shape index (κ3) is 5.35. The van der Waals surface area contributed by atoms with Crippen LogP contribution in [0.4, 0.5) is 0 Å². The fourth-order valence-electron chi connectivity index (χ4n) is 1.53. The van der Waals surface area contributed by atoms with Gasteiger partial charge >= 0.3 is 0 Å². The van der Waals surface area contributed by atoms with Crippen LogP contribution in [0.15, 0.2) is 24.3 Å². The van der Waals surface area contributed by atoms with E-state index in [1.165, 1.54) is 0 Å². The minimum absolute atomic E-state index is 0.0313. The highest BCUT2D eigenvalue weighted by molar-refractivity contribution is 5.76. The first-order chi connectivity index (χ1) is 8.76. The molecule has 4 heteroatoms. The van der Waals surface area contributed by atoms with Gasteiger partial charge in [-0.05, 0) is 30.5 Å². The van der Waals surface area contributed by atoms with Gasteiger partial charge in [-0.25, -0.2) is 0 Å². The number of aryl methyl sites for hydroxylation is 1. The molecule has 96 valence electrons. The van der Waals surface area contributed by atoms with Crippen molar-refractivity contribution < 1.29 is 9.53 Å². The standard InChI is InChI=1S/C14H18N2O2/c1-18-13-7-4-12(5-8-13)6-9-14(17)16-11-3-2-10-15/h4-5,7-8H,2-3,6,9,11H2,1H3,(H,16,17). The van der Waals surface area contributed by atoms with Gasteiger partial charge < -0.3 is 10.1 Å². The van der Waals surface area contributed by atoms with E-state index in [4.69, 9.17) is 10.00 Å². The van der Waals surface area contributed by atoms with Crippen molar-refractivity contribution in [2.24, 2.45) is 0 Å². The molecule has 0 aromatic heterocycles. The van der Waals surface area contributed by atoms with Gasteiger partial charge in [0.15, 0.2) is 0 Å². The lowest BCUT2D eigenvalue weighted by Crippen LogP contribution is -2.24. The molecule has 0 heterocycles. The number of methoxy groups -OCH3 is 1. The third-order valence-corrected chi connectivity index (χ3v) is 2.59. The van der Waals surface area contributed by atoms with E-state index in [2.05, 4.69) is 5.32 Å². The SMILES string of the molecule is COc1ccc(CCC(=O)NCCCC#N)cc1. The predicted octanol–water partition coefficient (Wildman–Crippen LogP) is 2.05. The summed E-state index contributed by atoms with van der Waals surface area (Å²) in [6.45, 7) is 0.578. The summed E-state index contributed by atoms with van der Waals surface area (Å²) in [7, 11) is 1.63. The summed E-state index contributed by atoms with van der Waals surface area (Å²) in [5.74, 6) is 0.850. The number of amides is 1. The minimum Gasteiger partial charge on any atom is -0.497 e. The number of carbonyl (C=O) groups excluding carboxylic acids is 1. The molecule has 0 aliphatic heterocycles. The van der Waals surface area contributed by atoms with Gasteiger partial charge in [-0.2, -0.15) is 5.26 Å². The van der Waals surface area contributed by atoms with E-state index in [1.807, 2.05) is 30.3 Å². The van der Waals surface area contributed by atoms with Crippen LogP contribution >= 0.6 is 0 Å². The van der Waals surface area contributed by atoms with E-state index < -0.39 is 0 Å². The van der Waals surface area contributed by atoms with Crippen LogP contribution in [0, 0.1) is 11.3 Å². The number of rotatable bonds is 7. The average Bonchev–Trinajstić information content (AvgIpc) is 2.42. The smallest absolute Gasteiger partial charge is 0.220 e. The molecule has 1 aromatic carbocycles. The maximum atomic E-state index is 11.5. The van der Waals surface area contributed by atoms with Crippen LogP contribution in [0.5, 0.6) is 5.75 Å². The highest BCUT2D eigenvalue weighted by atomic mass is 16.5. The number of unbranched alkanes of at least 4 members (excludes halogenated alkanes) is 1. The number of hydrogen-bond donors (Lipinski definition) is 1. The van der Waals surface area contributed by atoms with E-state index in [9.17, 15) is 4.79 Å². The molecule has 1 aromatic rings. The molecular weight excluding hydrogens is 228 g/mol. The van der Waals surface area contributed by atoms with E-state index in [0.717, 1.165) is 11.3 Å². The average molecular weight is 246 g/mol. The van der Waals surface area contributed by atoms with Crippen molar-refractivity contribution in [3.63, 3.8) is 0 Å². The van der Waals surface area contributed by atoms with Crippen LogP contribution in [0.25, 0.3) is 0 Å². The number of nitriles is 1. The number of hydrogen-bond acceptors (Lipinski definition) is 3. The van der Waals surface area contributed by atoms with E-state index in [1.54, 1.807) is 7.11 Å². The summed E-state index contributed by atoms with van der Waals surface area (Å²) < 4.78 is 5.07. The van der Waals surface area contributed by atoms with Gasteiger partial charge in [-0.3, -0.25) is 4.79 Å². The number of ether oxygens (including phenoxy) is 1. The Morgan fingerprint density at radius 1 is 1.39 bits per heavy atom. The quantitative estimate of drug-likeness (QED) is 0.749. The third-order valence-electron chi connectivity index (χ3n) is 2.59. The van der Waals surface area contributed by atoms with Crippen molar-refractivity contribution in [3.8, 4) is 11.8 Å². The van der Waals surface area contributed by atoms with Crippen molar-refractivity contribution in [3.05, 3.63) is 29.8 Å². The second-order valence-electron chi connectivity index (χ2n) is 3.96. The molecule has 0 spiro atoms. The zero-order chi connectivity index (χ0) is 13.2. The molecule has 0 aliphatic rings. The summed E-state index contributed by atoms with van der Waals surface area (Å²) in [5.41, 5.74) is 1.11. The zero-order valence-corrected chi connectivity index (χ0v) is 10.6. The van der Waals surface area contributed by atoms with Gasteiger partial charge in [0.25, 0.3) is 0 Å². The molecular formula is C14H18N2O2. The molecule has 1 rings (SSSR count). The molecule has 0 atom stereocenters. The second-order valence-corrected chi connectivity index (χ2v) is 3.96. The number of nitrogens with one attached hydrogen (secondary N) is 1. The molecule has 0 aliphatic carbocycles. The van der Waals surface area contributed by atoms with Gasteiger partial charge in [0.2, 0.25) is 5.91 Å². The Labute approximate surface area is 108 Å². The lowest BCUT2D eigenvalue weighted by molar-refractivity contribution is -0.121. The second kappa shape index (κ2) is 8.13. The lowest BCUT2D eigenvalue weighted by atomic mass is 10.1. The van der Waals surface area contributed by atoms with Crippen molar-refractivity contribution in [1.29, 1.82) is 5.26 Å². The predicted molar refractivity (Wildman–Crippen MR) is 69.2 cm³/mol. The Morgan fingerprint density at radius 2 is 2.11 bits per heavy atom. The number of carbonyl (C=O) groups is 1. The molecule has 4 nitrogen and oxygen atoms in total. The van der Waals surface area contributed by atoms with Crippen LogP contribution in [0.3, 0.4) is 0 Å². The van der Waals surface area contributed by atoms with E-state index in [-0.39, 0.29) is 5.91 Å². The Balaban J connectivity index is 2.23. The van der Waals surface area contributed by atoms with Crippen LogP contribution in [-0.4, -0.2) is 19.6 Å². The molecule has 0 unspecified atom stereocenters. The molecule has 0 saturated heterocycles. The van der Waals surface area contributed by atoms with Gasteiger partial charge in [-0.15, -0.1) is 0 Å². The Kier molecular flexibility index (Phi) is 6.34. The topological polar surface area (TPSA) is 62.1 Å².